The number of ketones is 3. The van der Waals surface area contributed by atoms with Gasteiger partial charge in [-0.25, -0.2) is 0 Å². The number of fused-ring (bicyclic) bond motifs is 4. The van der Waals surface area contributed by atoms with Crippen molar-refractivity contribution in [2.75, 3.05) is 4.90 Å². The van der Waals surface area contributed by atoms with E-state index in [1.807, 2.05) is 146 Å². The first-order valence-corrected chi connectivity index (χ1v) is 19.6. The van der Waals surface area contributed by atoms with Crippen molar-refractivity contribution in [3.8, 4) is 0 Å². The number of piperidine rings is 1. The summed E-state index contributed by atoms with van der Waals surface area (Å²) in [6.07, 6.45) is -0.715. The van der Waals surface area contributed by atoms with Crippen LogP contribution in [0, 0.1) is 11.3 Å². The highest BCUT2D eigenvalue weighted by atomic mass is 79.9. The Labute approximate surface area is 329 Å². The van der Waals surface area contributed by atoms with Crippen molar-refractivity contribution >= 4 is 60.7 Å². The Kier molecular flexibility index (Phi) is 7.76. The minimum atomic E-state index is -1.65. The van der Waals surface area contributed by atoms with Crippen molar-refractivity contribution in [3.63, 3.8) is 0 Å². The average molecular weight is 834 g/mol. The van der Waals surface area contributed by atoms with Crippen LogP contribution in [0.25, 0.3) is 5.76 Å². The minimum absolute atomic E-state index is 0.0958. The van der Waals surface area contributed by atoms with Crippen LogP contribution in [0.3, 0.4) is 0 Å². The van der Waals surface area contributed by atoms with E-state index in [4.69, 9.17) is 4.74 Å². The van der Waals surface area contributed by atoms with E-state index in [-0.39, 0.29) is 17.3 Å². The highest BCUT2D eigenvalue weighted by Crippen LogP contribution is 2.68. The number of nitrogens with zero attached hydrogens (tertiary/aromatic N) is 1. The highest BCUT2D eigenvalue weighted by Gasteiger charge is 2.72. The molecule has 2 heterocycles. The molecule has 0 aromatic heterocycles. The number of rotatable bonds is 4. The summed E-state index contributed by atoms with van der Waals surface area (Å²) < 4.78 is 9.16. The van der Waals surface area contributed by atoms with Gasteiger partial charge in [0, 0.05) is 54.6 Å². The van der Waals surface area contributed by atoms with Gasteiger partial charge in [-0.15, -0.1) is 0 Å². The largest absolute Gasteiger partial charge is 0.469 e. The summed E-state index contributed by atoms with van der Waals surface area (Å²) in [5.41, 5.74) is 4.44. The number of halogens is 2. The zero-order chi connectivity index (χ0) is 36.7. The fourth-order valence-electron chi connectivity index (χ4n) is 9.81. The third-order valence-electron chi connectivity index (χ3n) is 11.8. The maximum atomic E-state index is 15.8. The van der Waals surface area contributed by atoms with Crippen molar-refractivity contribution in [1.29, 1.82) is 0 Å². The molecule has 0 N–H and O–H groups in total. The number of benzene rings is 6. The number of carbonyl (C=O) groups is 3. The molecule has 1 spiro atoms. The first-order chi connectivity index (χ1) is 26.4. The summed E-state index contributed by atoms with van der Waals surface area (Å²) in [7, 11) is 0. The van der Waals surface area contributed by atoms with Crippen LogP contribution in [0.1, 0.15) is 71.2 Å². The SMILES string of the molecule is O=C1C2=C(O[C@H]3[C@@H]([C@H]2c2ccc(Br)cc2)[C@H](c2ccccc2)C2(C(=O)c4ccccc4C2=O)[C@H](c2ccc(Br)cc2)N3c2ccccc2)c2ccccc21. The molecule has 262 valence electrons. The van der Waals surface area contributed by atoms with E-state index in [1.165, 1.54) is 0 Å². The molecule has 0 unspecified atom stereocenters. The van der Waals surface area contributed by atoms with Gasteiger partial charge in [-0.1, -0.05) is 153 Å². The van der Waals surface area contributed by atoms with Gasteiger partial charge in [-0.3, -0.25) is 14.4 Å². The normalized spacial score (nSPS) is 23.5. The number of allylic oxidation sites excluding steroid dienone is 1. The summed E-state index contributed by atoms with van der Waals surface area (Å²) in [5, 5.41) is 0. The highest BCUT2D eigenvalue weighted by molar-refractivity contribution is 9.10. The second kappa shape index (κ2) is 12.6. The first kappa shape index (κ1) is 33.2. The Bertz CT molecular complexity index is 2500. The summed E-state index contributed by atoms with van der Waals surface area (Å²) in [6.45, 7) is 0. The van der Waals surface area contributed by atoms with Gasteiger partial charge in [0.2, 0.25) is 0 Å². The van der Waals surface area contributed by atoms with Gasteiger partial charge in [-0.05, 0) is 53.1 Å². The lowest BCUT2D eigenvalue weighted by Gasteiger charge is -2.61. The second-order valence-electron chi connectivity index (χ2n) is 14.4. The number of para-hydroxylation sites is 1. The van der Waals surface area contributed by atoms with Crippen LogP contribution >= 0.6 is 31.9 Å². The van der Waals surface area contributed by atoms with Gasteiger partial charge in [0.1, 0.15) is 11.2 Å². The van der Waals surface area contributed by atoms with Crippen molar-refractivity contribution in [3.05, 3.63) is 211 Å². The maximum Gasteiger partial charge on any atom is 0.194 e. The van der Waals surface area contributed by atoms with Crippen molar-refractivity contribution < 1.29 is 19.1 Å². The lowest BCUT2D eigenvalue weighted by molar-refractivity contribution is -0.0225. The fourth-order valence-corrected chi connectivity index (χ4v) is 10.3. The van der Waals surface area contributed by atoms with Crippen LogP contribution in [0.4, 0.5) is 5.69 Å². The number of ether oxygens (including phenoxy) is 1. The summed E-state index contributed by atoms with van der Waals surface area (Å²) >= 11 is 7.27. The summed E-state index contributed by atoms with van der Waals surface area (Å²) in [6, 6.07) is 49.9. The molecule has 0 bridgehead atoms. The molecule has 6 aromatic rings. The molecular weight excluding hydrogens is 802 g/mol. The maximum absolute atomic E-state index is 15.8. The van der Waals surface area contributed by atoms with Crippen LogP contribution in [0.15, 0.2) is 172 Å². The molecule has 2 aliphatic heterocycles. The van der Waals surface area contributed by atoms with Crippen molar-refractivity contribution in [2.45, 2.75) is 24.1 Å². The average Bonchev–Trinajstić information content (AvgIpc) is 3.62. The van der Waals surface area contributed by atoms with Crippen molar-refractivity contribution in [1.82, 2.24) is 0 Å². The number of Topliss-reactive ketones (excluding diaryl/α,β-unsaturated/α-hetero) is 3. The third-order valence-corrected chi connectivity index (χ3v) is 12.9. The van der Waals surface area contributed by atoms with Gasteiger partial charge in [0.15, 0.2) is 23.6 Å². The Morgan fingerprint density at radius 3 is 1.61 bits per heavy atom. The molecule has 6 aromatic carbocycles. The fraction of sp³-hybridized carbons (Fsp3) is 0.128. The molecule has 2 aliphatic carbocycles. The summed E-state index contributed by atoms with van der Waals surface area (Å²) in [4.78, 5) is 48.7. The lowest BCUT2D eigenvalue weighted by atomic mass is 9.51. The van der Waals surface area contributed by atoms with Gasteiger partial charge >= 0.3 is 0 Å². The Balaban J connectivity index is 1.36. The van der Waals surface area contributed by atoms with Crippen LogP contribution in [0.5, 0.6) is 0 Å². The number of hydrogen-bond acceptors (Lipinski definition) is 5. The molecular formula is C47H31Br2NO4. The number of hydrogen-bond donors (Lipinski definition) is 0. The third kappa shape index (κ3) is 4.64. The van der Waals surface area contributed by atoms with E-state index in [0.29, 0.717) is 28.0 Å². The van der Waals surface area contributed by atoms with Crippen LogP contribution in [0.2, 0.25) is 0 Å². The zero-order valence-electron chi connectivity index (χ0n) is 28.7. The van der Waals surface area contributed by atoms with E-state index >= 15 is 9.59 Å². The standard InChI is InChI=1S/C47H31Br2NO4/c48-30-23-19-27(20-24-30)37-38-40(28-11-3-1-4-12-28)47(44(52)35-17-9-10-18-36(35)45(47)53)43(29-21-25-31(49)26-22-29)50(32-13-5-2-6-14-32)46(38)54-42-34-16-8-7-15-33(34)41(51)39(37)42/h1-26,37-38,40,43,46H/t37-,38+,40+,43+,46+/m1/s1. The predicted molar refractivity (Wildman–Crippen MR) is 215 cm³/mol. The Hall–Kier alpha value is -5.37. The first-order valence-electron chi connectivity index (χ1n) is 18.0. The van der Waals surface area contributed by atoms with Gasteiger partial charge in [0.25, 0.3) is 0 Å². The molecule has 5 nitrogen and oxygen atoms in total. The van der Waals surface area contributed by atoms with Crippen molar-refractivity contribution in [2.24, 2.45) is 11.3 Å². The molecule has 7 heteroatoms. The van der Waals surface area contributed by atoms with Gasteiger partial charge in [-0.2, -0.15) is 0 Å². The van der Waals surface area contributed by atoms with Crippen LogP contribution in [-0.4, -0.2) is 23.6 Å². The zero-order valence-corrected chi connectivity index (χ0v) is 31.9. The van der Waals surface area contributed by atoms with E-state index in [9.17, 15) is 4.79 Å². The summed E-state index contributed by atoms with van der Waals surface area (Å²) in [5.74, 6) is -1.84. The van der Waals surface area contributed by atoms with Gasteiger partial charge < -0.3 is 9.64 Å². The minimum Gasteiger partial charge on any atom is -0.469 e. The van der Waals surface area contributed by atoms with E-state index in [0.717, 1.165) is 36.9 Å². The Morgan fingerprint density at radius 2 is 1.02 bits per heavy atom. The lowest BCUT2D eigenvalue weighted by Crippen LogP contribution is -2.65. The number of carbonyl (C=O) groups excluding carboxylic acids is 3. The predicted octanol–water partition coefficient (Wildman–Crippen LogP) is 11.0. The van der Waals surface area contributed by atoms with E-state index in [2.05, 4.69) is 36.8 Å². The molecule has 1 fully saturated rings. The molecule has 1 saturated heterocycles. The van der Waals surface area contributed by atoms with E-state index in [1.54, 1.807) is 12.1 Å². The molecule has 5 atom stereocenters. The molecule has 4 aliphatic rings. The topological polar surface area (TPSA) is 63.7 Å². The second-order valence-corrected chi connectivity index (χ2v) is 16.2. The molecule has 0 radical (unpaired) electrons. The molecule has 10 rings (SSSR count). The molecule has 0 amide bonds. The number of anilines is 1. The molecule has 54 heavy (non-hydrogen) atoms. The molecule has 0 saturated carbocycles. The van der Waals surface area contributed by atoms with Crippen LogP contribution < -0.4 is 4.90 Å². The quantitative estimate of drug-likeness (QED) is 0.166. The Morgan fingerprint density at radius 1 is 0.519 bits per heavy atom. The van der Waals surface area contributed by atoms with Gasteiger partial charge in [0.05, 0.1) is 11.6 Å². The van der Waals surface area contributed by atoms with Crippen LogP contribution in [-0.2, 0) is 4.74 Å². The smallest absolute Gasteiger partial charge is 0.194 e. The van der Waals surface area contributed by atoms with E-state index < -0.39 is 35.4 Å². The monoisotopic (exact) mass is 831 g/mol.